The van der Waals surface area contributed by atoms with Crippen LogP contribution in [0.15, 0.2) is 29.2 Å². The van der Waals surface area contributed by atoms with Crippen LogP contribution in [0.5, 0.6) is 0 Å². The Balaban J connectivity index is 1.93. The van der Waals surface area contributed by atoms with Gasteiger partial charge in [-0.1, -0.05) is 12.1 Å². The Morgan fingerprint density at radius 2 is 2.04 bits per heavy atom. The van der Waals surface area contributed by atoms with E-state index < -0.39 is 11.4 Å². The van der Waals surface area contributed by atoms with Gasteiger partial charge in [0.2, 0.25) is 11.8 Å². The van der Waals surface area contributed by atoms with Crippen LogP contribution >= 0.6 is 11.8 Å². The number of aliphatic carboxylic acids is 1. The number of benzene rings is 1. The molecule has 0 spiro atoms. The number of hydrogen-bond acceptors (Lipinski definition) is 4. The van der Waals surface area contributed by atoms with Crippen LogP contribution in [0, 0.1) is 5.41 Å². The van der Waals surface area contributed by atoms with Gasteiger partial charge in [0, 0.05) is 11.4 Å². The number of rotatable bonds is 6. The van der Waals surface area contributed by atoms with Crippen molar-refractivity contribution in [2.24, 2.45) is 5.41 Å². The van der Waals surface area contributed by atoms with Crippen molar-refractivity contribution in [1.82, 2.24) is 5.32 Å². The Morgan fingerprint density at radius 1 is 1.35 bits per heavy atom. The predicted octanol–water partition coefficient (Wildman–Crippen LogP) is 1.74. The monoisotopic (exact) mass is 336 g/mol. The lowest BCUT2D eigenvalue weighted by atomic mass is 9.90. The highest BCUT2D eigenvalue weighted by molar-refractivity contribution is 8.00. The number of anilines is 1. The third kappa shape index (κ3) is 4.25. The number of nitrogens with zero attached hydrogens (tertiary/aromatic N) is 1. The van der Waals surface area contributed by atoms with Crippen molar-refractivity contribution < 1.29 is 19.5 Å². The zero-order chi connectivity index (χ0) is 17.0. The molecular weight excluding hydrogens is 316 g/mol. The fourth-order valence-corrected chi connectivity index (χ4v) is 3.08. The summed E-state index contributed by atoms with van der Waals surface area (Å²) in [5, 5.41) is 11.7. The van der Waals surface area contributed by atoms with Crippen molar-refractivity contribution in [2.45, 2.75) is 25.2 Å². The van der Waals surface area contributed by atoms with Gasteiger partial charge in [-0.2, -0.15) is 0 Å². The highest BCUT2D eigenvalue weighted by atomic mass is 32.2. The number of para-hydroxylation sites is 1. The summed E-state index contributed by atoms with van der Waals surface area (Å²) in [5.74, 6) is -0.976. The first-order valence-corrected chi connectivity index (χ1v) is 8.32. The van der Waals surface area contributed by atoms with Gasteiger partial charge in [0.15, 0.2) is 0 Å². The minimum atomic E-state index is -0.899. The van der Waals surface area contributed by atoms with Gasteiger partial charge in [0.25, 0.3) is 0 Å². The minimum absolute atomic E-state index is 0.0517. The van der Waals surface area contributed by atoms with E-state index in [1.54, 1.807) is 13.8 Å². The lowest BCUT2D eigenvalue weighted by Crippen LogP contribution is -2.44. The topological polar surface area (TPSA) is 86.7 Å². The van der Waals surface area contributed by atoms with E-state index in [4.69, 9.17) is 5.11 Å². The van der Waals surface area contributed by atoms with E-state index in [9.17, 15) is 14.4 Å². The van der Waals surface area contributed by atoms with E-state index in [2.05, 4.69) is 5.32 Å². The molecule has 0 aromatic heterocycles. The van der Waals surface area contributed by atoms with Crippen LogP contribution in [0.4, 0.5) is 5.69 Å². The molecule has 1 heterocycles. The Bertz CT molecular complexity index is 630. The quantitative estimate of drug-likeness (QED) is 0.826. The Labute approximate surface area is 139 Å². The van der Waals surface area contributed by atoms with Gasteiger partial charge in [-0.05, 0) is 32.4 Å². The summed E-state index contributed by atoms with van der Waals surface area (Å²) >= 11 is 1.46. The summed E-state index contributed by atoms with van der Waals surface area (Å²) < 4.78 is 0. The molecule has 2 rings (SSSR count). The maximum Gasteiger partial charge on any atom is 0.309 e. The van der Waals surface area contributed by atoms with Gasteiger partial charge in [0.1, 0.15) is 6.54 Å². The van der Waals surface area contributed by atoms with Crippen LogP contribution in [0.1, 0.15) is 20.3 Å². The summed E-state index contributed by atoms with van der Waals surface area (Å²) in [7, 11) is 0. The summed E-state index contributed by atoms with van der Waals surface area (Å²) in [5.41, 5.74) is -0.146. The Kier molecular flexibility index (Phi) is 5.30. The molecule has 0 unspecified atom stereocenters. The van der Waals surface area contributed by atoms with E-state index in [1.807, 2.05) is 24.3 Å². The zero-order valence-electron chi connectivity index (χ0n) is 13.2. The third-order valence-electron chi connectivity index (χ3n) is 3.76. The molecule has 23 heavy (non-hydrogen) atoms. The molecule has 0 saturated heterocycles. The average Bonchev–Trinajstić information content (AvgIpc) is 2.50. The van der Waals surface area contributed by atoms with Crippen LogP contribution in [0.25, 0.3) is 0 Å². The van der Waals surface area contributed by atoms with Gasteiger partial charge in [-0.15, -0.1) is 11.8 Å². The lowest BCUT2D eigenvalue weighted by molar-refractivity contribution is -0.147. The summed E-state index contributed by atoms with van der Waals surface area (Å²) in [6, 6.07) is 7.47. The molecule has 1 aromatic rings. The number of nitrogens with one attached hydrogen (secondary N) is 1. The van der Waals surface area contributed by atoms with E-state index in [0.717, 1.165) is 10.6 Å². The molecule has 124 valence electrons. The van der Waals surface area contributed by atoms with Crippen LogP contribution in [0.3, 0.4) is 0 Å². The fraction of sp³-hybridized carbons (Fsp3) is 0.438. The first-order chi connectivity index (χ1) is 10.8. The van der Waals surface area contributed by atoms with Crippen LogP contribution in [-0.2, 0) is 14.4 Å². The number of fused-ring (bicyclic) bond motifs is 1. The second-order valence-electron chi connectivity index (χ2n) is 6.03. The highest BCUT2D eigenvalue weighted by Crippen LogP contribution is 2.34. The molecule has 2 amide bonds. The van der Waals surface area contributed by atoms with Gasteiger partial charge < -0.3 is 15.3 Å². The minimum Gasteiger partial charge on any atom is -0.481 e. The third-order valence-corrected chi connectivity index (χ3v) is 4.81. The Hall–Kier alpha value is -2.02. The van der Waals surface area contributed by atoms with Crippen molar-refractivity contribution in [1.29, 1.82) is 0 Å². The number of carbonyl (C=O) groups excluding carboxylic acids is 2. The van der Waals surface area contributed by atoms with Crippen molar-refractivity contribution in [3.05, 3.63) is 24.3 Å². The number of carboxylic acid groups (broad SMARTS) is 1. The Morgan fingerprint density at radius 3 is 2.74 bits per heavy atom. The summed E-state index contributed by atoms with van der Waals surface area (Å²) in [6.45, 7) is 3.44. The molecule has 0 atom stereocenters. The molecule has 6 nitrogen and oxygen atoms in total. The molecule has 1 aliphatic rings. The normalized spacial score (nSPS) is 14.3. The lowest BCUT2D eigenvalue weighted by Gasteiger charge is -2.28. The van der Waals surface area contributed by atoms with Gasteiger partial charge in [0.05, 0.1) is 16.9 Å². The van der Waals surface area contributed by atoms with Crippen molar-refractivity contribution in [3.63, 3.8) is 0 Å². The maximum atomic E-state index is 12.1. The van der Waals surface area contributed by atoms with Gasteiger partial charge in [-0.3, -0.25) is 14.4 Å². The smallest absolute Gasteiger partial charge is 0.309 e. The fourth-order valence-electron chi connectivity index (χ4n) is 2.15. The molecule has 0 radical (unpaired) electrons. The van der Waals surface area contributed by atoms with E-state index in [1.165, 1.54) is 16.7 Å². The summed E-state index contributed by atoms with van der Waals surface area (Å²) in [4.78, 5) is 37.6. The van der Waals surface area contributed by atoms with E-state index >= 15 is 0 Å². The van der Waals surface area contributed by atoms with Crippen molar-refractivity contribution in [3.8, 4) is 0 Å². The van der Waals surface area contributed by atoms with Gasteiger partial charge >= 0.3 is 5.97 Å². The SMILES string of the molecule is CC(C)(CCNC(=O)CN1C(=O)CSc2ccccc21)C(=O)O. The average molecular weight is 336 g/mol. The molecule has 0 fully saturated rings. The molecule has 7 heteroatoms. The number of hydrogen-bond donors (Lipinski definition) is 2. The molecule has 2 N–H and O–H groups in total. The second-order valence-corrected chi connectivity index (χ2v) is 7.04. The number of carbonyl (C=O) groups is 3. The standard InChI is InChI=1S/C16H20N2O4S/c1-16(2,15(21)22)7-8-17-13(19)9-18-11-5-3-4-6-12(11)23-10-14(18)20/h3-6H,7-10H2,1-2H3,(H,17,19)(H,21,22). The number of carboxylic acids is 1. The molecule has 0 saturated carbocycles. The van der Waals surface area contributed by atoms with E-state index in [-0.39, 0.29) is 24.9 Å². The first-order valence-electron chi connectivity index (χ1n) is 7.33. The highest BCUT2D eigenvalue weighted by Gasteiger charge is 2.28. The maximum absolute atomic E-state index is 12.1. The van der Waals surface area contributed by atoms with Crippen LogP contribution in [-0.4, -0.2) is 41.7 Å². The molecule has 0 bridgehead atoms. The van der Waals surface area contributed by atoms with Crippen molar-refractivity contribution in [2.75, 3.05) is 23.7 Å². The molecule has 1 aromatic carbocycles. The number of thioether (sulfide) groups is 1. The van der Waals surface area contributed by atoms with Crippen molar-refractivity contribution >= 4 is 35.2 Å². The van der Waals surface area contributed by atoms with Gasteiger partial charge in [-0.25, -0.2) is 0 Å². The predicted molar refractivity (Wildman–Crippen MR) is 88.6 cm³/mol. The molecule has 0 aliphatic carbocycles. The first kappa shape index (κ1) is 17.3. The van der Waals surface area contributed by atoms with E-state index in [0.29, 0.717) is 12.2 Å². The molecular formula is C16H20N2O4S. The largest absolute Gasteiger partial charge is 0.481 e. The second kappa shape index (κ2) is 7.04. The zero-order valence-corrected chi connectivity index (χ0v) is 14.0. The van der Waals surface area contributed by atoms with Crippen LogP contribution in [0.2, 0.25) is 0 Å². The van der Waals surface area contributed by atoms with Crippen LogP contribution < -0.4 is 10.2 Å². The summed E-state index contributed by atoms with van der Waals surface area (Å²) in [6.07, 6.45) is 0.328. The number of amides is 2. The molecule has 1 aliphatic heterocycles.